The molecule has 0 aromatic heterocycles. The Labute approximate surface area is 99.3 Å². The van der Waals surface area contributed by atoms with Gasteiger partial charge in [-0.05, 0) is 56.2 Å². The van der Waals surface area contributed by atoms with Gasteiger partial charge in [-0.25, -0.2) is 0 Å². The molecule has 16 heavy (non-hydrogen) atoms. The van der Waals surface area contributed by atoms with E-state index in [4.69, 9.17) is 0 Å². The van der Waals surface area contributed by atoms with Crippen LogP contribution in [0, 0.1) is 5.92 Å². The Kier molecular flexibility index (Phi) is 4.41. The fraction of sp³-hybridized carbons (Fsp3) is 0.600. The lowest BCUT2D eigenvalue weighted by atomic mass is 9.83. The number of nitrogens with one attached hydrogen (secondary N) is 1. The summed E-state index contributed by atoms with van der Waals surface area (Å²) in [5, 5.41) is 3.45. The minimum atomic E-state index is 0.768. The first-order chi connectivity index (χ1) is 7.90. The van der Waals surface area contributed by atoms with E-state index in [9.17, 15) is 0 Å². The average molecular weight is 217 g/mol. The van der Waals surface area contributed by atoms with Gasteiger partial charge in [-0.15, -0.1) is 0 Å². The van der Waals surface area contributed by atoms with Crippen molar-refractivity contribution in [3.05, 3.63) is 35.9 Å². The first kappa shape index (κ1) is 11.7. The first-order valence-electron chi connectivity index (χ1n) is 6.65. The minimum Gasteiger partial charge on any atom is -0.317 e. The highest BCUT2D eigenvalue weighted by Crippen LogP contribution is 2.30. The summed E-state index contributed by atoms with van der Waals surface area (Å²) < 4.78 is 0. The smallest absolute Gasteiger partial charge is 0.00463 e. The molecule has 0 spiro atoms. The van der Waals surface area contributed by atoms with Gasteiger partial charge in [-0.1, -0.05) is 37.3 Å². The molecule has 0 aliphatic carbocycles. The topological polar surface area (TPSA) is 12.0 Å². The highest BCUT2D eigenvalue weighted by Gasteiger charge is 2.18. The molecule has 1 aromatic carbocycles. The van der Waals surface area contributed by atoms with Gasteiger partial charge < -0.3 is 5.32 Å². The summed E-state index contributed by atoms with van der Waals surface area (Å²) in [5.74, 6) is 1.70. The van der Waals surface area contributed by atoms with Crippen LogP contribution in [-0.4, -0.2) is 13.1 Å². The van der Waals surface area contributed by atoms with Gasteiger partial charge in [0.1, 0.15) is 0 Å². The maximum absolute atomic E-state index is 3.45. The number of hydrogen-bond donors (Lipinski definition) is 1. The minimum absolute atomic E-state index is 0.768. The number of hydrogen-bond acceptors (Lipinski definition) is 1. The van der Waals surface area contributed by atoms with Crippen molar-refractivity contribution in [2.24, 2.45) is 5.92 Å². The van der Waals surface area contributed by atoms with Crippen LogP contribution in [0.5, 0.6) is 0 Å². The van der Waals surface area contributed by atoms with Gasteiger partial charge in [0, 0.05) is 0 Å². The molecule has 88 valence electrons. The zero-order valence-electron chi connectivity index (χ0n) is 10.3. The molecule has 0 bridgehead atoms. The van der Waals surface area contributed by atoms with Crippen molar-refractivity contribution in [2.45, 2.75) is 38.5 Å². The lowest BCUT2D eigenvalue weighted by Gasteiger charge is -2.26. The molecule has 1 fully saturated rings. The van der Waals surface area contributed by atoms with Crippen molar-refractivity contribution in [2.75, 3.05) is 13.1 Å². The normalized spacial score (nSPS) is 19.6. The number of benzene rings is 1. The Hall–Kier alpha value is -0.820. The van der Waals surface area contributed by atoms with Gasteiger partial charge in [0.25, 0.3) is 0 Å². The van der Waals surface area contributed by atoms with E-state index < -0.39 is 0 Å². The second-order valence-corrected chi connectivity index (χ2v) is 4.94. The molecule has 1 nitrogen and oxygen atoms in total. The quantitative estimate of drug-likeness (QED) is 0.813. The summed E-state index contributed by atoms with van der Waals surface area (Å²) in [6.45, 7) is 4.75. The van der Waals surface area contributed by atoms with Gasteiger partial charge in [0.05, 0.1) is 0 Å². The molecule has 1 heterocycles. The van der Waals surface area contributed by atoms with Gasteiger partial charge >= 0.3 is 0 Å². The lowest BCUT2D eigenvalue weighted by Crippen LogP contribution is -2.28. The second-order valence-electron chi connectivity index (χ2n) is 4.94. The summed E-state index contributed by atoms with van der Waals surface area (Å²) in [4.78, 5) is 0. The van der Waals surface area contributed by atoms with E-state index in [2.05, 4.69) is 42.6 Å². The Balaban J connectivity index is 1.94. The zero-order valence-corrected chi connectivity index (χ0v) is 10.3. The van der Waals surface area contributed by atoms with E-state index in [-0.39, 0.29) is 0 Å². The Morgan fingerprint density at radius 3 is 2.50 bits per heavy atom. The van der Waals surface area contributed by atoms with Crippen molar-refractivity contribution in [3.63, 3.8) is 0 Å². The monoisotopic (exact) mass is 217 g/mol. The van der Waals surface area contributed by atoms with Crippen LogP contribution in [0.3, 0.4) is 0 Å². The summed E-state index contributed by atoms with van der Waals surface area (Å²) in [6, 6.07) is 11.0. The summed E-state index contributed by atoms with van der Waals surface area (Å²) in [7, 11) is 0. The largest absolute Gasteiger partial charge is 0.317 e. The maximum Gasteiger partial charge on any atom is -0.00463 e. The van der Waals surface area contributed by atoms with Crippen LogP contribution in [0.2, 0.25) is 0 Å². The van der Waals surface area contributed by atoms with Crippen molar-refractivity contribution in [1.29, 1.82) is 0 Å². The predicted molar refractivity (Wildman–Crippen MR) is 69.7 cm³/mol. The van der Waals surface area contributed by atoms with Gasteiger partial charge in [0.2, 0.25) is 0 Å². The first-order valence-corrected chi connectivity index (χ1v) is 6.65. The third-order valence-electron chi connectivity index (χ3n) is 3.84. The van der Waals surface area contributed by atoms with E-state index in [1.807, 2.05) is 0 Å². The second kappa shape index (κ2) is 6.05. The lowest BCUT2D eigenvalue weighted by molar-refractivity contribution is 0.328. The molecular weight excluding hydrogens is 194 g/mol. The summed E-state index contributed by atoms with van der Waals surface area (Å²) >= 11 is 0. The van der Waals surface area contributed by atoms with Crippen LogP contribution in [0.4, 0.5) is 0 Å². The van der Waals surface area contributed by atoms with Crippen molar-refractivity contribution in [3.8, 4) is 0 Å². The van der Waals surface area contributed by atoms with E-state index in [0.717, 1.165) is 11.8 Å². The highest BCUT2D eigenvalue weighted by atomic mass is 14.9. The van der Waals surface area contributed by atoms with E-state index in [1.54, 1.807) is 0 Å². The number of rotatable bonds is 4. The van der Waals surface area contributed by atoms with Crippen molar-refractivity contribution >= 4 is 0 Å². The zero-order chi connectivity index (χ0) is 11.2. The van der Waals surface area contributed by atoms with Crippen LogP contribution >= 0.6 is 0 Å². The molecule has 1 aromatic rings. The van der Waals surface area contributed by atoms with Crippen LogP contribution in [0.15, 0.2) is 30.3 Å². The molecule has 1 atom stereocenters. The molecule has 0 saturated carbocycles. The molecule has 1 N–H and O–H groups in total. The summed E-state index contributed by atoms with van der Waals surface area (Å²) in [6.07, 6.45) is 5.38. The van der Waals surface area contributed by atoms with Crippen LogP contribution in [0.25, 0.3) is 0 Å². The molecule has 1 aliphatic heterocycles. The fourth-order valence-corrected chi connectivity index (χ4v) is 2.78. The molecular formula is C15H23N. The van der Waals surface area contributed by atoms with Crippen molar-refractivity contribution in [1.82, 2.24) is 5.32 Å². The molecule has 1 aliphatic rings. The molecule has 0 radical (unpaired) electrons. The van der Waals surface area contributed by atoms with Crippen LogP contribution < -0.4 is 5.32 Å². The van der Waals surface area contributed by atoms with Gasteiger partial charge in [0.15, 0.2) is 0 Å². The number of piperidine rings is 1. The van der Waals surface area contributed by atoms with Crippen LogP contribution in [0.1, 0.15) is 44.1 Å². The standard InChI is InChI=1S/C15H23N/c1-2-14(15-6-4-3-5-7-15)12-13-8-10-16-11-9-13/h3-7,13-14,16H,2,8-12H2,1H3. The molecule has 1 unspecified atom stereocenters. The SMILES string of the molecule is CCC(CC1CCNCC1)c1ccccc1. The molecule has 1 saturated heterocycles. The Morgan fingerprint density at radius 1 is 1.19 bits per heavy atom. The summed E-state index contributed by atoms with van der Waals surface area (Å²) in [5.41, 5.74) is 1.53. The highest BCUT2D eigenvalue weighted by molar-refractivity contribution is 5.19. The Bertz CT molecular complexity index is 288. The van der Waals surface area contributed by atoms with E-state index >= 15 is 0 Å². The van der Waals surface area contributed by atoms with E-state index in [0.29, 0.717) is 0 Å². The molecule has 2 rings (SSSR count). The van der Waals surface area contributed by atoms with E-state index in [1.165, 1.54) is 44.3 Å². The maximum atomic E-state index is 3.45. The Morgan fingerprint density at radius 2 is 1.88 bits per heavy atom. The van der Waals surface area contributed by atoms with Gasteiger partial charge in [-0.3, -0.25) is 0 Å². The third-order valence-corrected chi connectivity index (χ3v) is 3.84. The van der Waals surface area contributed by atoms with Crippen molar-refractivity contribution < 1.29 is 0 Å². The van der Waals surface area contributed by atoms with Gasteiger partial charge in [-0.2, -0.15) is 0 Å². The molecule has 0 amide bonds. The predicted octanol–water partition coefficient (Wildman–Crippen LogP) is 3.57. The molecule has 1 heteroatoms. The van der Waals surface area contributed by atoms with Crippen LogP contribution in [-0.2, 0) is 0 Å². The average Bonchev–Trinajstić information content (AvgIpc) is 2.38. The fourth-order valence-electron chi connectivity index (χ4n) is 2.78. The third kappa shape index (κ3) is 3.08.